The molecule has 1 aromatic rings. The van der Waals surface area contributed by atoms with Crippen LogP contribution in [0, 0.1) is 0 Å². The van der Waals surface area contributed by atoms with Gasteiger partial charge in [-0.3, -0.25) is 9.59 Å². The van der Waals surface area contributed by atoms with Crippen molar-refractivity contribution in [3.63, 3.8) is 0 Å². The summed E-state index contributed by atoms with van der Waals surface area (Å²) in [6.45, 7) is 3.58. The lowest BCUT2D eigenvalue weighted by Crippen LogP contribution is -2.36. The number of rotatable bonds is 6. The highest BCUT2D eigenvalue weighted by Crippen LogP contribution is 2.05. The van der Waals surface area contributed by atoms with Crippen LogP contribution in [0.2, 0.25) is 0 Å². The number of aliphatic carboxylic acids is 2. The molecule has 0 aliphatic heterocycles. The molecule has 1 atom stereocenters. The van der Waals surface area contributed by atoms with Gasteiger partial charge in [0.1, 0.15) is 6.04 Å². The third-order valence-electron chi connectivity index (χ3n) is 2.41. The van der Waals surface area contributed by atoms with E-state index in [0.717, 1.165) is 0 Å². The molecule has 0 aliphatic carbocycles. The molecule has 19 heavy (non-hydrogen) atoms. The van der Waals surface area contributed by atoms with Gasteiger partial charge < -0.3 is 20.1 Å². The lowest BCUT2D eigenvalue weighted by atomic mass is 10.2. The van der Waals surface area contributed by atoms with Crippen LogP contribution < -0.4 is 10.9 Å². The Morgan fingerprint density at radius 3 is 2.53 bits per heavy atom. The molecule has 8 nitrogen and oxygen atoms in total. The van der Waals surface area contributed by atoms with E-state index < -0.39 is 30.0 Å². The zero-order valence-corrected chi connectivity index (χ0v) is 10.5. The van der Waals surface area contributed by atoms with Crippen molar-refractivity contribution in [1.82, 2.24) is 9.55 Å². The van der Waals surface area contributed by atoms with Crippen molar-refractivity contribution in [3.8, 4) is 0 Å². The monoisotopic (exact) mass is 269 g/mol. The number of nitrogens with zero attached hydrogens (tertiary/aromatic N) is 2. The topological polar surface area (TPSA) is 122 Å². The van der Waals surface area contributed by atoms with E-state index in [2.05, 4.69) is 10.3 Å². The molecule has 1 rings (SSSR count). The van der Waals surface area contributed by atoms with Crippen LogP contribution in [0.25, 0.3) is 0 Å². The number of anilines is 1. The molecule has 1 heterocycles. The second-order valence-corrected chi connectivity index (χ2v) is 4.22. The van der Waals surface area contributed by atoms with E-state index in [-0.39, 0.29) is 11.9 Å². The van der Waals surface area contributed by atoms with Gasteiger partial charge in [0.15, 0.2) is 5.82 Å². The normalized spacial score (nSPS) is 12.2. The molecule has 1 aromatic heterocycles. The van der Waals surface area contributed by atoms with Crippen LogP contribution in [0.5, 0.6) is 0 Å². The quantitative estimate of drug-likeness (QED) is 0.672. The number of aromatic nitrogens is 2. The summed E-state index contributed by atoms with van der Waals surface area (Å²) >= 11 is 0. The van der Waals surface area contributed by atoms with Crippen molar-refractivity contribution >= 4 is 17.8 Å². The predicted octanol–water partition coefficient (Wildman–Crippen LogP) is 0.164. The van der Waals surface area contributed by atoms with E-state index in [1.165, 1.54) is 17.0 Å². The molecule has 0 fully saturated rings. The Morgan fingerprint density at radius 1 is 1.42 bits per heavy atom. The SMILES string of the molecule is CC(C)n1ccnc(NC(CC(=O)O)C(=O)O)c1=O. The van der Waals surface area contributed by atoms with Gasteiger partial charge in [0.05, 0.1) is 6.42 Å². The zero-order chi connectivity index (χ0) is 14.6. The molecule has 0 amide bonds. The lowest BCUT2D eigenvalue weighted by Gasteiger charge is -2.15. The molecule has 1 unspecified atom stereocenters. The van der Waals surface area contributed by atoms with Crippen molar-refractivity contribution in [2.45, 2.75) is 32.4 Å². The standard InChI is InChI=1S/C11H15N3O5/c1-6(2)14-4-3-12-9(10(14)17)13-7(11(18)19)5-8(15)16/h3-4,6-7H,5H2,1-2H3,(H,12,13)(H,15,16)(H,18,19). The van der Waals surface area contributed by atoms with E-state index >= 15 is 0 Å². The molecule has 0 saturated heterocycles. The van der Waals surface area contributed by atoms with Crippen molar-refractivity contribution in [2.24, 2.45) is 0 Å². The number of nitrogens with one attached hydrogen (secondary N) is 1. The van der Waals surface area contributed by atoms with Crippen molar-refractivity contribution in [2.75, 3.05) is 5.32 Å². The first kappa shape index (κ1) is 14.7. The highest BCUT2D eigenvalue weighted by atomic mass is 16.4. The van der Waals surface area contributed by atoms with Crippen molar-refractivity contribution < 1.29 is 19.8 Å². The summed E-state index contributed by atoms with van der Waals surface area (Å²) in [5, 5.41) is 19.9. The molecule has 0 aromatic carbocycles. The minimum Gasteiger partial charge on any atom is -0.481 e. The third kappa shape index (κ3) is 3.80. The molecular formula is C11H15N3O5. The molecule has 0 saturated carbocycles. The van der Waals surface area contributed by atoms with E-state index in [0.29, 0.717) is 0 Å². The van der Waals surface area contributed by atoms with Crippen LogP contribution in [-0.2, 0) is 9.59 Å². The van der Waals surface area contributed by atoms with Crippen LogP contribution in [0.3, 0.4) is 0 Å². The molecule has 0 aliphatic rings. The van der Waals surface area contributed by atoms with Crippen molar-refractivity contribution in [1.29, 1.82) is 0 Å². The molecule has 0 bridgehead atoms. The first-order chi connectivity index (χ1) is 8.82. The second-order valence-electron chi connectivity index (χ2n) is 4.22. The fourth-order valence-electron chi connectivity index (χ4n) is 1.47. The van der Waals surface area contributed by atoms with E-state index in [9.17, 15) is 14.4 Å². The van der Waals surface area contributed by atoms with Crippen LogP contribution >= 0.6 is 0 Å². The smallest absolute Gasteiger partial charge is 0.326 e. The summed E-state index contributed by atoms with van der Waals surface area (Å²) in [5.74, 6) is -2.81. The Bertz CT molecular complexity index is 537. The van der Waals surface area contributed by atoms with Gasteiger partial charge in [0.2, 0.25) is 0 Å². The Morgan fingerprint density at radius 2 is 2.05 bits per heavy atom. The van der Waals surface area contributed by atoms with Gasteiger partial charge in [-0.15, -0.1) is 0 Å². The Hall–Kier alpha value is -2.38. The fourth-order valence-corrected chi connectivity index (χ4v) is 1.47. The molecular weight excluding hydrogens is 254 g/mol. The average molecular weight is 269 g/mol. The number of carboxylic acids is 2. The Labute approximate surface area is 108 Å². The Balaban J connectivity index is 3.03. The third-order valence-corrected chi connectivity index (χ3v) is 2.41. The lowest BCUT2D eigenvalue weighted by molar-refractivity contribution is -0.144. The summed E-state index contributed by atoms with van der Waals surface area (Å²) < 4.78 is 1.37. The summed E-state index contributed by atoms with van der Waals surface area (Å²) in [6.07, 6.45) is 2.18. The summed E-state index contributed by atoms with van der Waals surface area (Å²) in [7, 11) is 0. The fraction of sp³-hybridized carbons (Fsp3) is 0.455. The second kappa shape index (κ2) is 5.98. The van der Waals surface area contributed by atoms with Gasteiger partial charge in [0.25, 0.3) is 5.56 Å². The molecule has 8 heteroatoms. The van der Waals surface area contributed by atoms with Gasteiger partial charge in [0, 0.05) is 18.4 Å². The summed E-state index contributed by atoms with van der Waals surface area (Å²) in [6, 6.07) is -1.51. The first-order valence-corrected chi connectivity index (χ1v) is 5.61. The zero-order valence-electron chi connectivity index (χ0n) is 10.5. The van der Waals surface area contributed by atoms with Gasteiger partial charge in [-0.2, -0.15) is 0 Å². The van der Waals surface area contributed by atoms with Gasteiger partial charge in [-0.25, -0.2) is 9.78 Å². The van der Waals surface area contributed by atoms with Gasteiger partial charge in [-0.1, -0.05) is 0 Å². The van der Waals surface area contributed by atoms with Crippen LogP contribution in [0.4, 0.5) is 5.82 Å². The largest absolute Gasteiger partial charge is 0.481 e. The maximum Gasteiger partial charge on any atom is 0.326 e. The highest BCUT2D eigenvalue weighted by molar-refractivity contribution is 5.83. The van der Waals surface area contributed by atoms with Crippen LogP contribution in [-0.4, -0.2) is 37.7 Å². The summed E-state index contributed by atoms with van der Waals surface area (Å²) in [4.78, 5) is 37.2. The molecule has 104 valence electrons. The minimum atomic E-state index is -1.40. The van der Waals surface area contributed by atoms with Gasteiger partial charge in [-0.05, 0) is 13.8 Å². The van der Waals surface area contributed by atoms with Gasteiger partial charge >= 0.3 is 11.9 Å². The molecule has 0 spiro atoms. The van der Waals surface area contributed by atoms with Crippen LogP contribution in [0.1, 0.15) is 26.3 Å². The maximum absolute atomic E-state index is 12.0. The van der Waals surface area contributed by atoms with E-state index in [4.69, 9.17) is 10.2 Å². The van der Waals surface area contributed by atoms with Crippen LogP contribution in [0.15, 0.2) is 17.2 Å². The Kier molecular flexibility index (Phi) is 4.62. The minimum absolute atomic E-state index is 0.112. The number of hydrogen-bond donors (Lipinski definition) is 3. The summed E-state index contributed by atoms with van der Waals surface area (Å²) in [5.41, 5.74) is -0.492. The molecule has 3 N–H and O–H groups in total. The first-order valence-electron chi connectivity index (χ1n) is 5.61. The average Bonchev–Trinajstić information content (AvgIpc) is 2.29. The maximum atomic E-state index is 12.0. The number of carboxylic acid groups (broad SMARTS) is 2. The number of hydrogen-bond acceptors (Lipinski definition) is 5. The van der Waals surface area contributed by atoms with E-state index in [1.54, 1.807) is 13.8 Å². The highest BCUT2D eigenvalue weighted by Gasteiger charge is 2.22. The predicted molar refractivity (Wildman–Crippen MR) is 66.2 cm³/mol. The van der Waals surface area contributed by atoms with E-state index in [1.807, 2.05) is 0 Å². The van der Waals surface area contributed by atoms with Crippen molar-refractivity contribution in [3.05, 3.63) is 22.7 Å². The number of carbonyl (C=O) groups is 2. The molecule has 0 radical (unpaired) electrons.